The summed E-state index contributed by atoms with van der Waals surface area (Å²) in [7, 11) is 0. The lowest BCUT2D eigenvalue weighted by Crippen LogP contribution is -2.00. The number of hydrogen-bond acceptors (Lipinski definition) is 2. The molecule has 2 N–H and O–H groups in total. The Kier molecular flexibility index (Phi) is 3.49. The molecule has 0 heterocycles. The molecular weight excluding hydrogens is 241 g/mol. The Morgan fingerprint density at radius 3 is 2.47 bits per heavy atom. The van der Waals surface area contributed by atoms with Crippen molar-refractivity contribution >= 4 is 17.3 Å². The first-order valence-corrected chi connectivity index (χ1v) is 5.45. The average molecular weight is 252 g/mol. The lowest BCUT2D eigenvalue weighted by Gasteiger charge is -2.08. The normalized spacial score (nSPS) is 10.2. The van der Waals surface area contributed by atoms with Gasteiger partial charge in [0.15, 0.2) is 0 Å². The maximum atomic E-state index is 12.7. The zero-order valence-electron chi connectivity index (χ0n) is 8.99. The number of anilines is 1. The highest BCUT2D eigenvalue weighted by Crippen LogP contribution is 2.20. The summed E-state index contributed by atoms with van der Waals surface area (Å²) >= 11 is 5.79. The Morgan fingerprint density at radius 1 is 1.12 bits per heavy atom. The van der Waals surface area contributed by atoms with Crippen LogP contribution in [0.3, 0.4) is 0 Å². The van der Waals surface area contributed by atoms with E-state index in [1.807, 2.05) is 0 Å². The van der Waals surface area contributed by atoms with Gasteiger partial charge in [0.1, 0.15) is 18.2 Å². The van der Waals surface area contributed by atoms with Crippen molar-refractivity contribution in [2.24, 2.45) is 0 Å². The van der Waals surface area contributed by atoms with Gasteiger partial charge >= 0.3 is 0 Å². The molecule has 0 saturated carbocycles. The average Bonchev–Trinajstić information content (AvgIpc) is 2.30. The van der Waals surface area contributed by atoms with E-state index in [0.29, 0.717) is 23.1 Å². The minimum atomic E-state index is -0.289. The van der Waals surface area contributed by atoms with E-state index in [0.717, 1.165) is 5.56 Å². The highest BCUT2D eigenvalue weighted by Gasteiger charge is 2.01. The monoisotopic (exact) mass is 251 g/mol. The Hall–Kier alpha value is -1.74. The maximum Gasteiger partial charge on any atom is 0.123 e. The summed E-state index contributed by atoms with van der Waals surface area (Å²) < 4.78 is 18.1. The molecule has 2 nitrogen and oxygen atoms in total. The van der Waals surface area contributed by atoms with E-state index in [1.54, 1.807) is 30.3 Å². The number of halogens is 2. The van der Waals surface area contributed by atoms with Crippen LogP contribution in [0.1, 0.15) is 5.56 Å². The second-order valence-corrected chi connectivity index (χ2v) is 4.02. The maximum absolute atomic E-state index is 12.7. The van der Waals surface area contributed by atoms with Crippen LogP contribution in [0.5, 0.6) is 5.75 Å². The van der Waals surface area contributed by atoms with Gasteiger partial charge in [0.2, 0.25) is 0 Å². The number of ether oxygens (including phenoxy) is 1. The van der Waals surface area contributed by atoms with E-state index in [-0.39, 0.29) is 5.82 Å². The predicted molar refractivity (Wildman–Crippen MR) is 66.6 cm³/mol. The lowest BCUT2D eigenvalue weighted by molar-refractivity contribution is 0.306. The molecule has 0 saturated heterocycles. The van der Waals surface area contributed by atoms with Crippen LogP contribution in [-0.2, 0) is 6.61 Å². The third kappa shape index (κ3) is 3.11. The van der Waals surface area contributed by atoms with Crippen LogP contribution in [0, 0.1) is 5.82 Å². The zero-order chi connectivity index (χ0) is 12.3. The summed E-state index contributed by atoms with van der Waals surface area (Å²) in [5.41, 5.74) is 7.21. The van der Waals surface area contributed by atoms with Crippen LogP contribution in [-0.4, -0.2) is 0 Å². The van der Waals surface area contributed by atoms with Crippen LogP contribution in [0.15, 0.2) is 42.5 Å². The van der Waals surface area contributed by atoms with E-state index in [1.165, 1.54) is 12.1 Å². The van der Waals surface area contributed by atoms with Crippen molar-refractivity contribution < 1.29 is 9.13 Å². The van der Waals surface area contributed by atoms with Crippen molar-refractivity contribution in [2.45, 2.75) is 6.61 Å². The first kappa shape index (κ1) is 11.7. The van der Waals surface area contributed by atoms with Crippen LogP contribution >= 0.6 is 11.6 Å². The number of benzene rings is 2. The molecule has 0 radical (unpaired) electrons. The van der Waals surface area contributed by atoms with Gasteiger partial charge in [0, 0.05) is 16.3 Å². The highest BCUT2D eigenvalue weighted by atomic mass is 35.5. The molecular formula is C13H11ClFNO. The van der Waals surface area contributed by atoms with Gasteiger partial charge in [-0.1, -0.05) is 17.7 Å². The predicted octanol–water partition coefficient (Wildman–Crippen LogP) is 3.64. The molecule has 17 heavy (non-hydrogen) atoms. The van der Waals surface area contributed by atoms with E-state index in [4.69, 9.17) is 22.1 Å². The smallest absolute Gasteiger partial charge is 0.123 e. The highest BCUT2D eigenvalue weighted by molar-refractivity contribution is 6.30. The second-order valence-electron chi connectivity index (χ2n) is 3.59. The summed E-state index contributed by atoms with van der Waals surface area (Å²) in [6.45, 7) is 0.328. The molecule has 0 aromatic heterocycles. The van der Waals surface area contributed by atoms with E-state index >= 15 is 0 Å². The topological polar surface area (TPSA) is 35.2 Å². The molecule has 2 aromatic rings. The van der Waals surface area contributed by atoms with Crippen LogP contribution in [0.4, 0.5) is 10.1 Å². The lowest BCUT2D eigenvalue weighted by atomic mass is 10.2. The van der Waals surface area contributed by atoms with E-state index in [9.17, 15) is 4.39 Å². The van der Waals surface area contributed by atoms with Crippen molar-refractivity contribution in [2.75, 3.05) is 5.73 Å². The van der Waals surface area contributed by atoms with Crippen molar-refractivity contribution in [1.82, 2.24) is 0 Å². The number of rotatable bonds is 3. The first-order chi connectivity index (χ1) is 8.15. The summed E-state index contributed by atoms with van der Waals surface area (Å²) in [5, 5.41) is 0.591. The summed E-state index contributed by atoms with van der Waals surface area (Å²) in [5.74, 6) is 0.309. The zero-order valence-corrected chi connectivity index (χ0v) is 9.75. The molecule has 0 unspecified atom stereocenters. The number of hydrogen-bond donors (Lipinski definition) is 1. The molecule has 0 fully saturated rings. The quantitative estimate of drug-likeness (QED) is 0.846. The van der Waals surface area contributed by atoms with Crippen LogP contribution < -0.4 is 10.5 Å². The van der Waals surface area contributed by atoms with Crippen molar-refractivity contribution in [3.05, 3.63) is 58.9 Å². The fourth-order valence-electron chi connectivity index (χ4n) is 1.39. The van der Waals surface area contributed by atoms with Gasteiger partial charge in [-0.3, -0.25) is 0 Å². The van der Waals surface area contributed by atoms with Crippen molar-refractivity contribution in [1.29, 1.82) is 0 Å². The van der Waals surface area contributed by atoms with E-state index in [2.05, 4.69) is 0 Å². The molecule has 0 aliphatic rings. The van der Waals surface area contributed by atoms with Gasteiger partial charge in [-0.15, -0.1) is 0 Å². The Morgan fingerprint density at radius 2 is 1.82 bits per heavy atom. The van der Waals surface area contributed by atoms with Gasteiger partial charge in [0.25, 0.3) is 0 Å². The minimum Gasteiger partial charge on any atom is -0.489 e. The van der Waals surface area contributed by atoms with Gasteiger partial charge in [0.05, 0.1) is 0 Å². The largest absolute Gasteiger partial charge is 0.489 e. The number of nitrogen functional groups attached to an aromatic ring is 1. The van der Waals surface area contributed by atoms with Crippen LogP contribution in [0.25, 0.3) is 0 Å². The summed E-state index contributed by atoms with van der Waals surface area (Å²) in [6, 6.07) is 11.1. The molecule has 0 amide bonds. The Bertz CT molecular complexity index is 513. The fourth-order valence-corrected chi connectivity index (χ4v) is 1.57. The van der Waals surface area contributed by atoms with Crippen LogP contribution in [0.2, 0.25) is 5.02 Å². The molecule has 0 bridgehead atoms. The molecule has 4 heteroatoms. The van der Waals surface area contributed by atoms with Crippen molar-refractivity contribution in [3.8, 4) is 5.75 Å². The SMILES string of the molecule is Nc1cc(Cl)ccc1COc1ccc(F)cc1. The van der Waals surface area contributed by atoms with Gasteiger partial charge < -0.3 is 10.5 Å². The van der Waals surface area contributed by atoms with Gasteiger partial charge in [-0.25, -0.2) is 4.39 Å². The molecule has 2 aromatic carbocycles. The molecule has 0 spiro atoms. The third-order valence-electron chi connectivity index (χ3n) is 2.32. The fraction of sp³-hybridized carbons (Fsp3) is 0.0769. The molecule has 0 aliphatic heterocycles. The van der Waals surface area contributed by atoms with Gasteiger partial charge in [-0.05, 0) is 36.4 Å². The van der Waals surface area contributed by atoms with E-state index < -0.39 is 0 Å². The molecule has 88 valence electrons. The second kappa shape index (κ2) is 5.06. The van der Waals surface area contributed by atoms with Crippen molar-refractivity contribution in [3.63, 3.8) is 0 Å². The van der Waals surface area contributed by atoms with Gasteiger partial charge in [-0.2, -0.15) is 0 Å². The standard InChI is InChI=1S/C13H11ClFNO/c14-10-2-1-9(13(16)7-10)8-17-12-5-3-11(15)4-6-12/h1-7H,8,16H2. The Balaban J connectivity index is 2.04. The first-order valence-electron chi connectivity index (χ1n) is 5.07. The third-order valence-corrected chi connectivity index (χ3v) is 2.55. The summed E-state index contributed by atoms with van der Waals surface area (Å²) in [4.78, 5) is 0. The minimum absolute atomic E-state index is 0.289. The number of nitrogens with two attached hydrogens (primary N) is 1. The summed E-state index contributed by atoms with van der Waals surface area (Å²) in [6.07, 6.45) is 0. The molecule has 2 rings (SSSR count). The molecule has 0 aliphatic carbocycles. The Labute approximate surface area is 104 Å². The molecule has 0 atom stereocenters.